The number of pyridine rings is 1. The highest BCUT2D eigenvalue weighted by Gasteiger charge is 2.28. The first-order chi connectivity index (χ1) is 13.6. The molecule has 0 aromatic carbocycles. The van der Waals surface area contributed by atoms with Gasteiger partial charge in [0.2, 0.25) is 0 Å². The van der Waals surface area contributed by atoms with Gasteiger partial charge in [-0.1, -0.05) is 0 Å². The summed E-state index contributed by atoms with van der Waals surface area (Å²) in [5, 5.41) is 8.17. The minimum absolute atomic E-state index is 0.171. The molecule has 0 unspecified atom stereocenters. The lowest BCUT2D eigenvalue weighted by atomic mass is 10.1. The van der Waals surface area contributed by atoms with E-state index < -0.39 is 5.60 Å². The standard InChI is InChI=1S/C21H31N5O3/c1-7-26(20(28)29-21(3,4)5)11-10-22-19(27)15-12-16(14-8-9-14)23-18-17(15)13(2)24-25(18)6/h12,14H,7-11H2,1-6H3,(H,22,27). The lowest BCUT2D eigenvalue weighted by Crippen LogP contribution is -2.41. The molecule has 0 bridgehead atoms. The molecule has 2 heterocycles. The second kappa shape index (κ2) is 8.00. The lowest BCUT2D eigenvalue weighted by Gasteiger charge is -2.26. The highest BCUT2D eigenvalue weighted by molar-refractivity contribution is 6.06. The average Bonchev–Trinajstić information content (AvgIpc) is 3.43. The number of aromatic nitrogens is 3. The van der Waals surface area contributed by atoms with Crippen molar-refractivity contribution in [3.05, 3.63) is 23.0 Å². The molecule has 158 valence electrons. The van der Waals surface area contributed by atoms with Crippen LogP contribution in [0, 0.1) is 6.92 Å². The molecule has 1 aliphatic carbocycles. The summed E-state index contributed by atoms with van der Waals surface area (Å²) in [7, 11) is 1.85. The largest absolute Gasteiger partial charge is 0.444 e. The van der Waals surface area contributed by atoms with Crippen molar-refractivity contribution in [1.29, 1.82) is 0 Å². The van der Waals surface area contributed by atoms with Crippen LogP contribution < -0.4 is 5.32 Å². The van der Waals surface area contributed by atoms with Gasteiger partial charge in [0, 0.05) is 38.3 Å². The number of hydrogen-bond acceptors (Lipinski definition) is 5. The zero-order valence-corrected chi connectivity index (χ0v) is 18.2. The molecule has 1 fully saturated rings. The zero-order chi connectivity index (χ0) is 21.3. The van der Waals surface area contributed by atoms with Crippen LogP contribution in [0.4, 0.5) is 4.79 Å². The second-order valence-corrected chi connectivity index (χ2v) is 8.59. The van der Waals surface area contributed by atoms with Crippen LogP contribution in [-0.4, -0.2) is 56.9 Å². The summed E-state index contributed by atoms with van der Waals surface area (Å²) in [6.45, 7) is 10.5. The van der Waals surface area contributed by atoms with Gasteiger partial charge in [0.05, 0.1) is 16.6 Å². The molecule has 0 spiro atoms. The van der Waals surface area contributed by atoms with Crippen molar-refractivity contribution >= 4 is 23.0 Å². The Hall–Kier alpha value is -2.64. The number of fused-ring (bicyclic) bond motifs is 1. The van der Waals surface area contributed by atoms with Crippen LogP contribution in [0.15, 0.2) is 6.07 Å². The van der Waals surface area contributed by atoms with E-state index in [9.17, 15) is 9.59 Å². The molecule has 8 nitrogen and oxygen atoms in total. The van der Waals surface area contributed by atoms with Crippen molar-refractivity contribution in [3.8, 4) is 0 Å². The number of likely N-dealkylation sites (N-methyl/N-ethyl adjacent to an activating group) is 1. The Labute approximate surface area is 171 Å². The van der Waals surface area contributed by atoms with E-state index in [1.807, 2.05) is 47.7 Å². The molecule has 2 amide bonds. The van der Waals surface area contributed by atoms with E-state index in [1.165, 1.54) is 0 Å². The van der Waals surface area contributed by atoms with E-state index >= 15 is 0 Å². The SMILES string of the molecule is CCN(CCNC(=O)c1cc(C2CC2)nc2c1c(C)nn2C)C(=O)OC(C)(C)C. The van der Waals surface area contributed by atoms with Crippen LogP contribution in [0.25, 0.3) is 11.0 Å². The third-order valence-corrected chi connectivity index (χ3v) is 4.93. The van der Waals surface area contributed by atoms with Crippen LogP contribution in [0.1, 0.15) is 68.2 Å². The van der Waals surface area contributed by atoms with Crippen molar-refractivity contribution in [1.82, 2.24) is 25.0 Å². The monoisotopic (exact) mass is 401 g/mol. The van der Waals surface area contributed by atoms with E-state index in [-0.39, 0.29) is 12.0 Å². The molecule has 1 N–H and O–H groups in total. The molecule has 1 aliphatic rings. The fourth-order valence-electron chi connectivity index (χ4n) is 3.34. The van der Waals surface area contributed by atoms with Crippen LogP contribution in [0.2, 0.25) is 0 Å². The Morgan fingerprint density at radius 2 is 2.03 bits per heavy atom. The highest BCUT2D eigenvalue weighted by Crippen LogP contribution is 2.40. The fourth-order valence-corrected chi connectivity index (χ4v) is 3.34. The quantitative estimate of drug-likeness (QED) is 0.803. The number of carbonyl (C=O) groups excluding carboxylic acids is 2. The molecule has 0 radical (unpaired) electrons. The number of rotatable bonds is 6. The van der Waals surface area contributed by atoms with Crippen molar-refractivity contribution in [3.63, 3.8) is 0 Å². The van der Waals surface area contributed by atoms with Crippen molar-refractivity contribution in [2.75, 3.05) is 19.6 Å². The number of nitrogens with zero attached hydrogens (tertiary/aromatic N) is 4. The number of nitrogens with one attached hydrogen (secondary N) is 1. The van der Waals surface area contributed by atoms with Gasteiger partial charge in [0.25, 0.3) is 5.91 Å². The van der Waals surface area contributed by atoms with Crippen molar-refractivity contribution < 1.29 is 14.3 Å². The van der Waals surface area contributed by atoms with Crippen LogP contribution in [-0.2, 0) is 11.8 Å². The number of ether oxygens (including phenoxy) is 1. The molecule has 29 heavy (non-hydrogen) atoms. The van der Waals surface area contributed by atoms with Gasteiger partial charge in [-0.25, -0.2) is 9.78 Å². The Balaban J connectivity index is 1.72. The van der Waals surface area contributed by atoms with Crippen molar-refractivity contribution in [2.24, 2.45) is 7.05 Å². The minimum Gasteiger partial charge on any atom is -0.444 e. The molecule has 2 aromatic heterocycles. The summed E-state index contributed by atoms with van der Waals surface area (Å²) in [6, 6.07) is 1.90. The Kier molecular flexibility index (Phi) is 5.82. The summed E-state index contributed by atoms with van der Waals surface area (Å²) in [5.74, 6) is 0.263. The van der Waals surface area contributed by atoms with Gasteiger partial charge in [0.15, 0.2) is 5.65 Å². The van der Waals surface area contributed by atoms with E-state index in [1.54, 1.807) is 9.58 Å². The van der Waals surface area contributed by atoms with Gasteiger partial charge in [-0.2, -0.15) is 5.10 Å². The van der Waals surface area contributed by atoms with Gasteiger partial charge >= 0.3 is 6.09 Å². The maximum absolute atomic E-state index is 13.0. The maximum Gasteiger partial charge on any atom is 0.410 e. The summed E-state index contributed by atoms with van der Waals surface area (Å²) in [6.07, 6.45) is 1.84. The first kappa shape index (κ1) is 21.1. The van der Waals surface area contributed by atoms with Gasteiger partial charge in [-0.05, 0) is 53.5 Å². The molecular formula is C21H31N5O3. The average molecular weight is 402 g/mol. The number of amides is 2. The zero-order valence-electron chi connectivity index (χ0n) is 18.2. The van der Waals surface area contributed by atoms with Crippen LogP contribution in [0.3, 0.4) is 0 Å². The normalized spacial score (nSPS) is 14.1. The molecule has 3 rings (SSSR count). The predicted molar refractivity (Wildman–Crippen MR) is 111 cm³/mol. The molecule has 2 aromatic rings. The number of carbonyl (C=O) groups is 2. The third kappa shape index (κ3) is 4.86. The Morgan fingerprint density at radius 3 is 2.62 bits per heavy atom. The van der Waals surface area contributed by atoms with Crippen molar-refractivity contribution in [2.45, 2.75) is 59.0 Å². The first-order valence-electron chi connectivity index (χ1n) is 10.2. The fraction of sp³-hybridized carbons (Fsp3) is 0.619. The van der Waals surface area contributed by atoms with Crippen LogP contribution >= 0.6 is 0 Å². The Morgan fingerprint density at radius 1 is 1.34 bits per heavy atom. The lowest BCUT2D eigenvalue weighted by molar-refractivity contribution is 0.0261. The van der Waals surface area contributed by atoms with Gasteiger partial charge in [-0.3, -0.25) is 9.48 Å². The Bertz CT molecular complexity index is 925. The molecule has 0 atom stereocenters. The first-order valence-corrected chi connectivity index (χ1v) is 10.2. The van der Waals surface area contributed by atoms with E-state index in [4.69, 9.17) is 9.72 Å². The minimum atomic E-state index is -0.548. The van der Waals surface area contributed by atoms with E-state index in [0.29, 0.717) is 31.1 Å². The molecule has 0 aliphatic heterocycles. The summed E-state index contributed by atoms with van der Waals surface area (Å²) < 4.78 is 7.14. The summed E-state index contributed by atoms with van der Waals surface area (Å²) in [5.41, 5.74) is 2.53. The summed E-state index contributed by atoms with van der Waals surface area (Å²) >= 11 is 0. The van der Waals surface area contributed by atoms with Gasteiger partial charge in [-0.15, -0.1) is 0 Å². The molecule has 8 heteroatoms. The summed E-state index contributed by atoms with van der Waals surface area (Å²) in [4.78, 5) is 31.5. The smallest absolute Gasteiger partial charge is 0.410 e. The van der Waals surface area contributed by atoms with Gasteiger partial charge < -0.3 is 15.0 Å². The topological polar surface area (TPSA) is 89.4 Å². The second-order valence-electron chi connectivity index (χ2n) is 8.59. The number of hydrogen-bond donors (Lipinski definition) is 1. The molecule has 1 saturated carbocycles. The maximum atomic E-state index is 13.0. The molecule has 0 saturated heterocycles. The van der Waals surface area contributed by atoms with E-state index in [0.717, 1.165) is 35.3 Å². The number of aryl methyl sites for hydroxylation is 2. The highest BCUT2D eigenvalue weighted by atomic mass is 16.6. The van der Waals surface area contributed by atoms with E-state index in [2.05, 4.69) is 10.4 Å². The molecular weight excluding hydrogens is 370 g/mol. The van der Waals surface area contributed by atoms with Crippen LogP contribution in [0.5, 0.6) is 0 Å². The third-order valence-electron chi connectivity index (χ3n) is 4.93. The van der Waals surface area contributed by atoms with Gasteiger partial charge in [0.1, 0.15) is 5.60 Å². The predicted octanol–water partition coefficient (Wildman–Crippen LogP) is 3.14.